The van der Waals surface area contributed by atoms with Gasteiger partial charge < -0.3 is 4.57 Å². The van der Waals surface area contributed by atoms with E-state index in [0.29, 0.717) is 18.2 Å². The molecule has 0 spiro atoms. The van der Waals surface area contributed by atoms with Crippen molar-refractivity contribution in [2.45, 2.75) is 32.6 Å². The van der Waals surface area contributed by atoms with Crippen LogP contribution >= 0.6 is 0 Å². The number of piperazine rings is 1. The third-order valence-corrected chi connectivity index (χ3v) is 5.76. The molecule has 152 valence electrons. The molecule has 0 saturated carbocycles. The normalized spacial score (nSPS) is 18.2. The van der Waals surface area contributed by atoms with E-state index in [9.17, 15) is 8.78 Å². The van der Waals surface area contributed by atoms with Crippen molar-refractivity contribution in [3.05, 3.63) is 95.3 Å². The number of halogens is 2. The van der Waals surface area contributed by atoms with Crippen LogP contribution in [0.5, 0.6) is 0 Å². The third kappa shape index (κ3) is 4.92. The van der Waals surface area contributed by atoms with Gasteiger partial charge in [0, 0.05) is 56.2 Å². The molecule has 4 rings (SSSR count). The second kappa shape index (κ2) is 8.89. The first-order valence-electron chi connectivity index (χ1n) is 10.2. The number of rotatable bonds is 6. The Hall–Kier alpha value is -2.50. The second-order valence-electron chi connectivity index (χ2n) is 7.90. The van der Waals surface area contributed by atoms with Crippen LogP contribution in [0.25, 0.3) is 0 Å². The SMILES string of the molecule is C[C@@H]1CN(Cc2ccc(F)cc2)CCN1Cc1cccn1Cc1ccccc1F. The van der Waals surface area contributed by atoms with Gasteiger partial charge in [0.05, 0.1) is 6.54 Å². The molecule has 1 aliphatic heterocycles. The molecule has 1 aliphatic rings. The Morgan fingerprint density at radius 1 is 0.862 bits per heavy atom. The maximum absolute atomic E-state index is 14.0. The van der Waals surface area contributed by atoms with Crippen LogP contribution in [0.4, 0.5) is 8.78 Å². The first-order valence-corrected chi connectivity index (χ1v) is 10.2. The lowest BCUT2D eigenvalue weighted by molar-refractivity contribution is 0.0716. The Morgan fingerprint density at radius 2 is 1.66 bits per heavy atom. The van der Waals surface area contributed by atoms with E-state index in [2.05, 4.69) is 27.4 Å². The Bertz CT molecular complexity index is 935. The predicted octanol–water partition coefficient (Wildman–Crippen LogP) is 4.52. The molecule has 0 unspecified atom stereocenters. The molecule has 2 heterocycles. The van der Waals surface area contributed by atoms with E-state index in [1.165, 1.54) is 23.9 Å². The first-order chi connectivity index (χ1) is 14.1. The van der Waals surface area contributed by atoms with Gasteiger partial charge in [-0.1, -0.05) is 30.3 Å². The number of nitrogens with zero attached hydrogens (tertiary/aromatic N) is 3. The van der Waals surface area contributed by atoms with E-state index in [-0.39, 0.29) is 11.6 Å². The first kappa shape index (κ1) is 19.8. The largest absolute Gasteiger partial charge is 0.346 e. The van der Waals surface area contributed by atoms with Crippen molar-refractivity contribution in [3.8, 4) is 0 Å². The fourth-order valence-electron chi connectivity index (χ4n) is 4.06. The van der Waals surface area contributed by atoms with Crippen LogP contribution in [0.2, 0.25) is 0 Å². The van der Waals surface area contributed by atoms with Crippen LogP contribution in [-0.4, -0.2) is 40.0 Å². The molecule has 0 radical (unpaired) electrons. The van der Waals surface area contributed by atoms with Gasteiger partial charge in [-0.15, -0.1) is 0 Å². The monoisotopic (exact) mass is 395 g/mol. The topological polar surface area (TPSA) is 11.4 Å². The standard InChI is InChI=1S/C24H27F2N3/c1-19-15-27(16-20-8-10-22(25)11-9-20)13-14-28(19)18-23-6-4-12-29(23)17-21-5-2-3-7-24(21)26/h2-12,19H,13-18H2,1H3/t19-/m1/s1. The Labute approximate surface area is 171 Å². The van der Waals surface area contributed by atoms with Crippen molar-refractivity contribution in [1.29, 1.82) is 0 Å². The van der Waals surface area contributed by atoms with Crippen LogP contribution in [0.15, 0.2) is 66.9 Å². The Kier molecular flexibility index (Phi) is 6.07. The highest BCUT2D eigenvalue weighted by atomic mass is 19.1. The highest BCUT2D eigenvalue weighted by Gasteiger charge is 2.24. The quantitative estimate of drug-likeness (QED) is 0.608. The fraction of sp³-hybridized carbons (Fsp3) is 0.333. The Balaban J connectivity index is 1.36. The molecule has 0 aliphatic carbocycles. The van der Waals surface area contributed by atoms with Gasteiger partial charge in [0.2, 0.25) is 0 Å². The van der Waals surface area contributed by atoms with Crippen molar-refractivity contribution >= 4 is 0 Å². The van der Waals surface area contributed by atoms with E-state index in [1.54, 1.807) is 6.07 Å². The summed E-state index contributed by atoms with van der Waals surface area (Å²) in [7, 11) is 0. The van der Waals surface area contributed by atoms with Gasteiger partial charge in [-0.3, -0.25) is 9.80 Å². The lowest BCUT2D eigenvalue weighted by atomic mass is 10.1. The minimum Gasteiger partial charge on any atom is -0.346 e. The summed E-state index contributed by atoms with van der Waals surface area (Å²) >= 11 is 0. The molecular formula is C24H27F2N3. The molecule has 0 amide bonds. The molecule has 5 heteroatoms. The van der Waals surface area contributed by atoms with Gasteiger partial charge in [0.25, 0.3) is 0 Å². The molecule has 3 nitrogen and oxygen atoms in total. The van der Waals surface area contributed by atoms with Crippen LogP contribution in [-0.2, 0) is 19.6 Å². The number of hydrogen-bond donors (Lipinski definition) is 0. The maximum atomic E-state index is 14.0. The van der Waals surface area contributed by atoms with E-state index in [4.69, 9.17) is 0 Å². The molecule has 29 heavy (non-hydrogen) atoms. The molecule has 3 aromatic rings. The van der Waals surface area contributed by atoms with Crippen LogP contribution in [0.1, 0.15) is 23.7 Å². The van der Waals surface area contributed by atoms with Gasteiger partial charge in [-0.2, -0.15) is 0 Å². The summed E-state index contributed by atoms with van der Waals surface area (Å²) in [6.45, 7) is 7.44. The minimum atomic E-state index is -0.190. The van der Waals surface area contributed by atoms with Crippen molar-refractivity contribution in [2.75, 3.05) is 19.6 Å². The summed E-state index contributed by atoms with van der Waals surface area (Å²) < 4.78 is 29.3. The number of aromatic nitrogens is 1. The lowest BCUT2D eigenvalue weighted by Crippen LogP contribution is -2.51. The molecule has 1 fully saturated rings. The maximum Gasteiger partial charge on any atom is 0.128 e. The molecule has 0 N–H and O–H groups in total. The zero-order valence-corrected chi connectivity index (χ0v) is 16.8. The number of hydrogen-bond acceptors (Lipinski definition) is 2. The second-order valence-corrected chi connectivity index (χ2v) is 7.90. The average Bonchev–Trinajstić information content (AvgIpc) is 3.14. The molecular weight excluding hydrogens is 368 g/mol. The third-order valence-electron chi connectivity index (χ3n) is 5.76. The molecule has 1 aromatic heterocycles. The predicted molar refractivity (Wildman–Crippen MR) is 111 cm³/mol. The van der Waals surface area contributed by atoms with E-state index >= 15 is 0 Å². The van der Waals surface area contributed by atoms with Crippen molar-refractivity contribution in [1.82, 2.24) is 14.4 Å². The summed E-state index contributed by atoms with van der Waals surface area (Å²) in [5.74, 6) is -0.347. The number of benzene rings is 2. The minimum absolute atomic E-state index is 0.157. The van der Waals surface area contributed by atoms with Gasteiger partial charge in [0.1, 0.15) is 11.6 Å². The molecule has 2 aromatic carbocycles. The summed E-state index contributed by atoms with van der Waals surface area (Å²) in [6, 6.07) is 18.3. The molecule has 1 atom stereocenters. The molecule has 1 saturated heterocycles. The van der Waals surface area contributed by atoms with Gasteiger partial charge in [-0.05, 0) is 42.8 Å². The van der Waals surface area contributed by atoms with Gasteiger partial charge in [-0.25, -0.2) is 8.78 Å². The summed E-state index contributed by atoms with van der Waals surface area (Å²) in [6.07, 6.45) is 2.03. The zero-order valence-electron chi connectivity index (χ0n) is 16.8. The lowest BCUT2D eigenvalue weighted by Gasteiger charge is -2.40. The van der Waals surface area contributed by atoms with E-state index in [1.807, 2.05) is 36.5 Å². The van der Waals surface area contributed by atoms with Gasteiger partial charge >= 0.3 is 0 Å². The summed E-state index contributed by atoms with van der Waals surface area (Å²) in [4.78, 5) is 4.90. The zero-order chi connectivity index (χ0) is 20.2. The van der Waals surface area contributed by atoms with Crippen molar-refractivity contribution in [2.24, 2.45) is 0 Å². The highest BCUT2D eigenvalue weighted by molar-refractivity contribution is 5.20. The summed E-state index contributed by atoms with van der Waals surface area (Å²) in [5, 5.41) is 0. The molecule has 0 bridgehead atoms. The van der Waals surface area contributed by atoms with Crippen LogP contribution < -0.4 is 0 Å². The Morgan fingerprint density at radius 3 is 2.41 bits per heavy atom. The highest BCUT2D eigenvalue weighted by Crippen LogP contribution is 2.18. The fourth-order valence-corrected chi connectivity index (χ4v) is 4.06. The van der Waals surface area contributed by atoms with Crippen LogP contribution in [0, 0.1) is 11.6 Å². The summed E-state index contributed by atoms with van der Waals surface area (Å²) in [5.41, 5.74) is 3.06. The van der Waals surface area contributed by atoms with Gasteiger partial charge in [0.15, 0.2) is 0 Å². The van der Waals surface area contributed by atoms with E-state index in [0.717, 1.165) is 38.3 Å². The van der Waals surface area contributed by atoms with Crippen molar-refractivity contribution in [3.63, 3.8) is 0 Å². The van der Waals surface area contributed by atoms with E-state index < -0.39 is 0 Å². The van der Waals surface area contributed by atoms with Crippen LogP contribution in [0.3, 0.4) is 0 Å². The van der Waals surface area contributed by atoms with Crippen molar-refractivity contribution < 1.29 is 8.78 Å². The average molecular weight is 395 g/mol. The smallest absolute Gasteiger partial charge is 0.128 e.